The van der Waals surface area contributed by atoms with Gasteiger partial charge in [0.2, 0.25) is 0 Å². The first-order valence-corrected chi connectivity index (χ1v) is 5.72. The number of aromatic nitrogens is 2. The second-order valence-electron chi connectivity index (χ2n) is 3.98. The van der Waals surface area contributed by atoms with Gasteiger partial charge < -0.3 is 17.7 Å². The quantitative estimate of drug-likeness (QED) is 0.778. The van der Waals surface area contributed by atoms with E-state index in [0.717, 1.165) is 17.8 Å². The molecule has 0 saturated heterocycles. The molecule has 100 valence electrons. The van der Waals surface area contributed by atoms with Crippen LogP contribution in [0, 0.1) is 0 Å². The second kappa shape index (κ2) is 5.73. The topological polar surface area (TPSA) is 35.0 Å². The van der Waals surface area contributed by atoms with Gasteiger partial charge in [-0.05, 0) is 23.8 Å². The van der Waals surface area contributed by atoms with Gasteiger partial charge in [-0.25, -0.2) is 0 Å². The number of hydrogen-bond donors (Lipinski definition) is 0. The molecule has 2 aromatic heterocycles. The van der Waals surface area contributed by atoms with Crippen molar-refractivity contribution in [3.05, 3.63) is 48.5 Å². The molecule has 0 spiro atoms. The molecule has 0 saturated carbocycles. The van der Waals surface area contributed by atoms with Gasteiger partial charge in [-0.3, -0.25) is 9.97 Å². The fourth-order valence-corrected chi connectivity index (χ4v) is 1.53. The summed E-state index contributed by atoms with van der Waals surface area (Å²) < 4.78 is 42.8. The van der Waals surface area contributed by atoms with Gasteiger partial charge in [0.05, 0.1) is 12.8 Å². The van der Waals surface area contributed by atoms with Gasteiger partial charge in [0.25, 0.3) is 0 Å². The minimum Gasteiger partial charge on any atom is -0.492 e. The van der Waals surface area contributed by atoms with Crippen molar-refractivity contribution in [2.75, 3.05) is 6.61 Å². The van der Waals surface area contributed by atoms with E-state index < -0.39 is 12.4 Å². The van der Waals surface area contributed by atoms with E-state index in [1.165, 1.54) is 6.20 Å². The largest absolute Gasteiger partial charge is 0.511 e. The molecule has 7 heteroatoms. The van der Waals surface area contributed by atoms with Gasteiger partial charge in [-0.15, -0.1) is 0 Å². The Morgan fingerprint density at radius 2 is 1.79 bits per heavy atom. The molecule has 0 aromatic carbocycles. The van der Waals surface area contributed by atoms with E-state index in [2.05, 4.69) is 9.97 Å². The lowest BCUT2D eigenvalue weighted by atomic mass is 9.81. The van der Waals surface area contributed by atoms with Crippen LogP contribution < -0.4 is 10.2 Å². The van der Waals surface area contributed by atoms with E-state index in [1.807, 2.05) is 12.1 Å². The molecule has 0 unspecified atom stereocenters. The van der Waals surface area contributed by atoms with E-state index in [1.54, 1.807) is 12.4 Å². The van der Waals surface area contributed by atoms with Crippen LogP contribution in [0.2, 0.25) is 0 Å². The zero-order valence-corrected chi connectivity index (χ0v) is 9.97. The summed E-state index contributed by atoms with van der Waals surface area (Å²) in [6.07, 6.45) is 5.99. The number of nitrogens with zero attached hydrogens (tertiary/aromatic N) is 2. The SMILES string of the molecule is F[B-](F)(F)c1cncc(OCCc2ccncc2)c1. The average molecular weight is 267 g/mol. The van der Waals surface area contributed by atoms with E-state index in [-0.39, 0.29) is 5.75 Å². The van der Waals surface area contributed by atoms with Crippen molar-refractivity contribution in [2.45, 2.75) is 6.42 Å². The standard InChI is InChI=1S/C12H11BF3N2O/c14-13(15,16)11-7-12(9-18-8-11)19-6-3-10-1-4-17-5-2-10/h1-2,4-5,7-9H,3,6H2/q-1. The summed E-state index contributed by atoms with van der Waals surface area (Å²) in [4.78, 5) is 7.41. The number of rotatable bonds is 5. The average Bonchev–Trinajstić information content (AvgIpc) is 2.39. The van der Waals surface area contributed by atoms with Crippen LogP contribution in [0.15, 0.2) is 43.0 Å². The molecule has 0 radical (unpaired) electrons. The first kappa shape index (κ1) is 13.4. The maximum atomic E-state index is 12.5. The van der Waals surface area contributed by atoms with Gasteiger partial charge >= 0.3 is 6.98 Å². The van der Waals surface area contributed by atoms with Crippen LogP contribution in [0.25, 0.3) is 0 Å². The molecular formula is C12H11BF3N2O-. The highest BCUT2D eigenvalue weighted by Crippen LogP contribution is 2.13. The van der Waals surface area contributed by atoms with Crippen LogP contribution in [-0.2, 0) is 6.42 Å². The normalized spacial score (nSPS) is 11.3. The van der Waals surface area contributed by atoms with Crippen molar-refractivity contribution < 1.29 is 17.7 Å². The Balaban J connectivity index is 1.93. The lowest BCUT2D eigenvalue weighted by molar-refractivity contribution is 0.320. The van der Waals surface area contributed by atoms with E-state index in [0.29, 0.717) is 13.0 Å². The minimum absolute atomic E-state index is 0.130. The van der Waals surface area contributed by atoms with Crippen LogP contribution in [-0.4, -0.2) is 23.6 Å². The molecule has 3 nitrogen and oxygen atoms in total. The fraction of sp³-hybridized carbons (Fsp3) is 0.167. The summed E-state index contributed by atoms with van der Waals surface area (Å²) in [6, 6.07) is 4.63. The number of halogens is 3. The third kappa shape index (κ3) is 3.98. The molecule has 0 aliphatic carbocycles. The molecule has 2 rings (SSSR count). The highest BCUT2D eigenvalue weighted by molar-refractivity contribution is 6.73. The summed E-state index contributed by atoms with van der Waals surface area (Å²) in [5.74, 6) is 0.130. The Kier molecular flexibility index (Phi) is 4.04. The summed E-state index contributed by atoms with van der Waals surface area (Å²) >= 11 is 0. The monoisotopic (exact) mass is 267 g/mol. The number of ether oxygens (including phenoxy) is 1. The molecule has 0 atom stereocenters. The van der Waals surface area contributed by atoms with E-state index >= 15 is 0 Å². The maximum absolute atomic E-state index is 12.5. The van der Waals surface area contributed by atoms with Gasteiger partial charge in [-0.2, -0.15) is 0 Å². The second-order valence-corrected chi connectivity index (χ2v) is 3.98. The van der Waals surface area contributed by atoms with Crippen molar-refractivity contribution in [1.82, 2.24) is 9.97 Å². The Hall–Kier alpha value is -2.05. The summed E-state index contributed by atoms with van der Waals surface area (Å²) in [6.45, 7) is -4.75. The summed E-state index contributed by atoms with van der Waals surface area (Å²) in [7, 11) is 0. The Morgan fingerprint density at radius 1 is 1.05 bits per heavy atom. The first-order valence-electron chi connectivity index (χ1n) is 5.72. The molecule has 19 heavy (non-hydrogen) atoms. The predicted molar refractivity (Wildman–Crippen MR) is 66.4 cm³/mol. The van der Waals surface area contributed by atoms with Gasteiger partial charge in [0.15, 0.2) is 0 Å². The minimum atomic E-state index is -5.04. The van der Waals surface area contributed by atoms with Crippen LogP contribution in [0.5, 0.6) is 5.75 Å². The fourth-order valence-electron chi connectivity index (χ4n) is 1.53. The number of hydrogen-bond acceptors (Lipinski definition) is 3. The summed E-state index contributed by atoms with van der Waals surface area (Å²) in [5.41, 5.74) is 0.264. The highest BCUT2D eigenvalue weighted by Gasteiger charge is 2.26. The molecule has 2 heterocycles. The van der Waals surface area contributed by atoms with Gasteiger partial charge in [-0.1, -0.05) is 5.46 Å². The third-order valence-electron chi connectivity index (χ3n) is 2.52. The van der Waals surface area contributed by atoms with Crippen LogP contribution in [0.1, 0.15) is 5.56 Å². The molecule has 0 bridgehead atoms. The Morgan fingerprint density at radius 3 is 2.47 bits per heavy atom. The van der Waals surface area contributed by atoms with Crippen molar-refractivity contribution in [2.24, 2.45) is 0 Å². The van der Waals surface area contributed by atoms with Gasteiger partial charge in [0, 0.05) is 25.0 Å². The lowest BCUT2D eigenvalue weighted by Gasteiger charge is -2.15. The highest BCUT2D eigenvalue weighted by atomic mass is 19.4. The predicted octanol–water partition coefficient (Wildman–Crippen LogP) is 2.15. The molecular weight excluding hydrogens is 256 g/mol. The van der Waals surface area contributed by atoms with Crippen molar-refractivity contribution >= 4 is 12.4 Å². The molecule has 0 aliphatic rings. The van der Waals surface area contributed by atoms with Crippen molar-refractivity contribution in [1.29, 1.82) is 0 Å². The smallest absolute Gasteiger partial charge is 0.492 e. The van der Waals surface area contributed by atoms with Crippen LogP contribution in [0.4, 0.5) is 12.9 Å². The number of pyridine rings is 2. The summed E-state index contributed by atoms with van der Waals surface area (Å²) in [5, 5.41) is 0. The van der Waals surface area contributed by atoms with E-state index in [9.17, 15) is 12.9 Å². The van der Waals surface area contributed by atoms with Crippen molar-refractivity contribution in [3.8, 4) is 5.75 Å². The third-order valence-corrected chi connectivity index (χ3v) is 2.52. The first-order chi connectivity index (χ1) is 9.05. The molecule has 0 fully saturated rings. The Bertz CT molecular complexity index is 534. The molecule has 0 amide bonds. The maximum Gasteiger partial charge on any atom is 0.511 e. The van der Waals surface area contributed by atoms with E-state index in [4.69, 9.17) is 4.74 Å². The lowest BCUT2D eigenvalue weighted by Crippen LogP contribution is -2.34. The van der Waals surface area contributed by atoms with Crippen LogP contribution >= 0.6 is 0 Å². The zero-order valence-electron chi connectivity index (χ0n) is 9.97. The molecule has 2 aromatic rings. The molecule has 0 N–H and O–H groups in total. The van der Waals surface area contributed by atoms with Gasteiger partial charge in [0.1, 0.15) is 5.75 Å². The molecule has 0 aliphatic heterocycles. The van der Waals surface area contributed by atoms with Crippen LogP contribution in [0.3, 0.4) is 0 Å². The zero-order chi connectivity index (χ0) is 13.7. The Labute approximate surface area is 108 Å². The van der Waals surface area contributed by atoms with Crippen molar-refractivity contribution in [3.63, 3.8) is 0 Å².